The number of aryl methyl sites for hydroxylation is 1. The van der Waals surface area contributed by atoms with E-state index in [0.717, 1.165) is 50.9 Å². The lowest BCUT2D eigenvalue weighted by Crippen LogP contribution is -2.32. The van der Waals surface area contributed by atoms with Crippen LogP contribution >= 0.6 is 0 Å². The summed E-state index contributed by atoms with van der Waals surface area (Å²) in [6.07, 6.45) is 7.30. The Kier molecular flexibility index (Phi) is 5.07. The lowest BCUT2D eigenvalue weighted by atomic mass is 10.1. The van der Waals surface area contributed by atoms with E-state index in [4.69, 9.17) is 0 Å². The Balaban J connectivity index is 1.59. The zero-order chi connectivity index (χ0) is 16.1. The zero-order valence-corrected chi connectivity index (χ0v) is 13.5. The van der Waals surface area contributed by atoms with Gasteiger partial charge in [0.25, 0.3) is 5.91 Å². The van der Waals surface area contributed by atoms with Crippen LogP contribution in [-0.4, -0.2) is 39.0 Å². The highest BCUT2D eigenvalue weighted by atomic mass is 16.2. The lowest BCUT2D eigenvalue weighted by molar-refractivity contribution is 0.102. The molecule has 3 heterocycles. The first-order valence-corrected chi connectivity index (χ1v) is 8.37. The van der Waals surface area contributed by atoms with Crippen LogP contribution in [0.1, 0.15) is 54.8 Å². The molecular weight excluding hydrogens is 292 g/mol. The second-order valence-electron chi connectivity index (χ2n) is 6.02. The molecule has 1 amide bonds. The van der Waals surface area contributed by atoms with Crippen LogP contribution < -0.4 is 10.6 Å². The fourth-order valence-corrected chi connectivity index (χ4v) is 2.82. The molecule has 0 spiro atoms. The quantitative estimate of drug-likeness (QED) is 0.762. The minimum absolute atomic E-state index is 0.221. The molecule has 2 aromatic rings. The van der Waals surface area contributed by atoms with Crippen LogP contribution in [0.5, 0.6) is 0 Å². The Hall–Kier alpha value is -2.15. The number of unbranched alkanes of at least 4 members (excludes halogenated alkanes) is 1. The van der Waals surface area contributed by atoms with Gasteiger partial charge in [0.15, 0.2) is 11.5 Å². The highest BCUT2D eigenvalue weighted by Gasteiger charge is 2.18. The number of nitrogens with zero attached hydrogens (tertiary/aromatic N) is 3. The first kappa shape index (κ1) is 15.7. The fraction of sp³-hybridized carbons (Fsp3) is 0.562. The fourth-order valence-electron chi connectivity index (χ4n) is 2.82. The molecule has 1 unspecified atom stereocenters. The standard InChI is InChI=1S/C16H24N6O/c1-2-3-5-12-10-15(20-19-12)18-16(23)14-7-9-22(21-14)13-6-4-8-17-11-13/h7,9-10,13,17H,2-6,8,11H2,1H3,(H2,18,19,20,23). The number of piperidine rings is 1. The van der Waals surface area contributed by atoms with Crippen LogP contribution in [-0.2, 0) is 6.42 Å². The molecule has 0 saturated carbocycles. The molecule has 3 N–H and O–H groups in total. The summed E-state index contributed by atoms with van der Waals surface area (Å²) in [5, 5.41) is 17.7. The second kappa shape index (κ2) is 7.41. The van der Waals surface area contributed by atoms with Crippen molar-refractivity contribution in [1.82, 2.24) is 25.3 Å². The highest BCUT2D eigenvalue weighted by Crippen LogP contribution is 2.16. The van der Waals surface area contributed by atoms with E-state index >= 15 is 0 Å². The topological polar surface area (TPSA) is 87.6 Å². The van der Waals surface area contributed by atoms with E-state index in [1.807, 2.05) is 16.9 Å². The zero-order valence-electron chi connectivity index (χ0n) is 13.5. The van der Waals surface area contributed by atoms with Crippen molar-refractivity contribution < 1.29 is 4.79 Å². The largest absolute Gasteiger partial charge is 0.315 e. The summed E-state index contributed by atoms with van der Waals surface area (Å²) in [6.45, 7) is 4.12. The molecule has 124 valence electrons. The molecule has 1 saturated heterocycles. The van der Waals surface area contributed by atoms with Crippen molar-refractivity contribution in [2.45, 2.75) is 45.1 Å². The molecule has 23 heavy (non-hydrogen) atoms. The number of amides is 1. The Morgan fingerprint density at radius 2 is 2.43 bits per heavy atom. The SMILES string of the molecule is CCCCc1cc(NC(=O)c2ccn(C3CCCNC3)n2)n[nH]1. The molecule has 1 atom stereocenters. The number of carbonyl (C=O) groups is 1. The Morgan fingerprint density at radius 3 is 3.22 bits per heavy atom. The third-order valence-electron chi connectivity index (χ3n) is 4.16. The Bertz CT molecular complexity index is 641. The molecule has 0 aromatic carbocycles. The van der Waals surface area contributed by atoms with E-state index in [0.29, 0.717) is 17.6 Å². The van der Waals surface area contributed by atoms with Crippen molar-refractivity contribution in [2.75, 3.05) is 18.4 Å². The van der Waals surface area contributed by atoms with E-state index < -0.39 is 0 Å². The van der Waals surface area contributed by atoms with Crippen molar-refractivity contribution in [3.63, 3.8) is 0 Å². The normalized spacial score (nSPS) is 18.0. The number of carbonyl (C=O) groups excluding carboxylic acids is 1. The number of rotatable bonds is 6. The van der Waals surface area contributed by atoms with Gasteiger partial charge in [0.2, 0.25) is 0 Å². The summed E-state index contributed by atoms with van der Waals surface area (Å²) in [5.74, 6) is 0.330. The maximum atomic E-state index is 12.3. The minimum atomic E-state index is -0.221. The molecule has 0 bridgehead atoms. The molecule has 1 aliphatic rings. The number of hydrogen-bond acceptors (Lipinski definition) is 4. The van der Waals surface area contributed by atoms with Crippen molar-refractivity contribution in [2.24, 2.45) is 0 Å². The van der Waals surface area contributed by atoms with Crippen molar-refractivity contribution >= 4 is 11.7 Å². The van der Waals surface area contributed by atoms with Gasteiger partial charge in [0, 0.05) is 24.5 Å². The first-order chi connectivity index (χ1) is 11.3. The Morgan fingerprint density at radius 1 is 1.52 bits per heavy atom. The molecule has 7 heteroatoms. The maximum Gasteiger partial charge on any atom is 0.277 e. The smallest absolute Gasteiger partial charge is 0.277 e. The number of anilines is 1. The van der Waals surface area contributed by atoms with Crippen molar-refractivity contribution in [3.8, 4) is 0 Å². The van der Waals surface area contributed by atoms with Gasteiger partial charge in [-0.05, 0) is 38.3 Å². The van der Waals surface area contributed by atoms with Gasteiger partial charge in [-0.1, -0.05) is 13.3 Å². The van der Waals surface area contributed by atoms with Gasteiger partial charge in [0.1, 0.15) is 0 Å². The Labute approximate surface area is 135 Å². The molecule has 1 fully saturated rings. The van der Waals surface area contributed by atoms with E-state index in [1.54, 1.807) is 6.07 Å². The molecule has 7 nitrogen and oxygen atoms in total. The van der Waals surface area contributed by atoms with Crippen LogP contribution in [0.25, 0.3) is 0 Å². The predicted molar refractivity (Wildman–Crippen MR) is 88.5 cm³/mol. The number of aromatic amines is 1. The average molecular weight is 316 g/mol. The van der Waals surface area contributed by atoms with E-state index in [2.05, 4.69) is 32.9 Å². The highest BCUT2D eigenvalue weighted by molar-refractivity contribution is 6.02. The van der Waals surface area contributed by atoms with E-state index in [-0.39, 0.29) is 5.91 Å². The lowest BCUT2D eigenvalue weighted by Gasteiger charge is -2.22. The number of H-pyrrole nitrogens is 1. The van der Waals surface area contributed by atoms with E-state index in [1.165, 1.54) is 0 Å². The second-order valence-corrected chi connectivity index (χ2v) is 6.02. The molecule has 0 radical (unpaired) electrons. The van der Waals surface area contributed by atoms with Crippen LogP contribution in [0.15, 0.2) is 18.3 Å². The number of aromatic nitrogens is 4. The minimum Gasteiger partial charge on any atom is -0.315 e. The van der Waals surface area contributed by atoms with Gasteiger partial charge in [-0.2, -0.15) is 10.2 Å². The van der Waals surface area contributed by atoms with Gasteiger partial charge < -0.3 is 10.6 Å². The average Bonchev–Trinajstić information content (AvgIpc) is 3.23. The molecule has 0 aliphatic carbocycles. The number of nitrogens with one attached hydrogen (secondary N) is 3. The van der Waals surface area contributed by atoms with Crippen LogP contribution in [0.3, 0.4) is 0 Å². The summed E-state index contributed by atoms with van der Waals surface area (Å²) in [6, 6.07) is 3.97. The number of hydrogen-bond donors (Lipinski definition) is 3. The maximum absolute atomic E-state index is 12.3. The monoisotopic (exact) mass is 316 g/mol. The summed E-state index contributed by atoms with van der Waals surface area (Å²) in [5.41, 5.74) is 1.47. The summed E-state index contributed by atoms with van der Waals surface area (Å²) in [4.78, 5) is 12.3. The molecular formula is C16H24N6O. The van der Waals surface area contributed by atoms with E-state index in [9.17, 15) is 4.79 Å². The van der Waals surface area contributed by atoms with Crippen LogP contribution in [0.4, 0.5) is 5.82 Å². The van der Waals surface area contributed by atoms with Crippen LogP contribution in [0.2, 0.25) is 0 Å². The third-order valence-corrected chi connectivity index (χ3v) is 4.16. The summed E-state index contributed by atoms with van der Waals surface area (Å²) >= 11 is 0. The van der Waals surface area contributed by atoms with Gasteiger partial charge >= 0.3 is 0 Å². The summed E-state index contributed by atoms with van der Waals surface area (Å²) in [7, 11) is 0. The summed E-state index contributed by atoms with van der Waals surface area (Å²) < 4.78 is 1.89. The third kappa shape index (κ3) is 3.98. The van der Waals surface area contributed by atoms with Crippen molar-refractivity contribution in [1.29, 1.82) is 0 Å². The molecule has 2 aromatic heterocycles. The molecule has 3 rings (SSSR count). The first-order valence-electron chi connectivity index (χ1n) is 8.37. The van der Waals surface area contributed by atoms with Crippen molar-refractivity contribution in [3.05, 3.63) is 29.7 Å². The predicted octanol–water partition coefficient (Wildman–Crippen LogP) is 2.13. The molecule has 1 aliphatic heterocycles. The van der Waals surface area contributed by atoms with Gasteiger partial charge in [-0.3, -0.25) is 14.6 Å². The van der Waals surface area contributed by atoms with Gasteiger partial charge in [-0.15, -0.1) is 0 Å². The van der Waals surface area contributed by atoms with Gasteiger partial charge in [-0.25, -0.2) is 0 Å². The van der Waals surface area contributed by atoms with Gasteiger partial charge in [0.05, 0.1) is 6.04 Å². The van der Waals surface area contributed by atoms with Crippen LogP contribution in [0, 0.1) is 0 Å².